The van der Waals surface area contributed by atoms with Crippen molar-refractivity contribution in [3.05, 3.63) is 63.9 Å². The molecule has 0 aromatic heterocycles. The zero-order valence-electron chi connectivity index (χ0n) is 10.6. The number of rotatable bonds is 4. The van der Waals surface area contributed by atoms with Crippen molar-refractivity contribution in [2.45, 2.75) is 6.42 Å². The lowest BCUT2D eigenvalue weighted by molar-refractivity contribution is 0.0951. The van der Waals surface area contributed by atoms with Crippen LogP contribution in [-0.4, -0.2) is 17.6 Å². The molecule has 1 amide bonds. The predicted octanol–water partition coefficient (Wildman–Crippen LogP) is 3.27. The van der Waals surface area contributed by atoms with Gasteiger partial charge in [-0.2, -0.15) is 0 Å². The fourth-order valence-corrected chi connectivity index (χ4v) is 2.16. The third-order valence-electron chi connectivity index (χ3n) is 2.84. The van der Waals surface area contributed by atoms with E-state index in [1.165, 1.54) is 18.2 Å². The third-order valence-corrected chi connectivity index (χ3v) is 3.33. The minimum Gasteiger partial charge on any atom is -0.507 e. The first-order valence-electron chi connectivity index (χ1n) is 6.08. The highest BCUT2D eigenvalue weighted by Gasteiger charge is 2.11. The molecule has 0 aliphatic heterocycles. The highest BCUT2D eigenvalue weighted by atomic mass is 79.9. The molecule has 2 N–H and O–H groups in total. The van der Waals surface area contributed by atoms with E-state index in [4.69, 9.17) is 0 Å². The average Bonchev–Trinajstić information content (AvgIpc) is 2.43. The summed E-state index contributed by atoms with van der Waals surface area (Å²) in [6.07, 6.45) is 0.396. The molecule has 2 aromatic rings. The summed E-state index contributed by atoms with van der Waals surface area (Å²) >= 11 is 3.24. The van der Waals surface area contributed by atoms with Crippen LogP contribution in [0, 0.1) is 5.82 Å². The van der Waals surface area contributed by atoms with Crippen molar-refractivity contribution in [3.8, 4) is 5.75 Å². The second-order valence-electron chi connectivity index (χ2n) is 4.26. The molecule has 0 heterocycles. The summed E-state index contributed by atoms with van der Waals surface area (Å²) in [5.41, 5.74) is 0.735. The summed E-state index contributed by atoms with van der Waals surface area (Å²) in [6, 6.07) is 11.1. The van der Waals surface area contributed by atoms with E-state index in [-0.39, 0.29) is 23.0 Å². The summed E-state index contributed by atoms with van der Waals surface area (Å²) in [4.78, 5) is 11.9. The Hall–Kier alpha value is -1.88. The van der Waals surface area contributed by atoms with Crippen molar-refractivity contribution in [2.24, 2.45) is 0 Å². The van der Waals surface area contributed by atoms with Crippen LogP contribution in [0.2, 0.25) is 0 Å². The molecule has 0 atom stereocenters. The topological polar surface area (TPSA) is 49.3 Å². The number of aromatic hydroxyl groups is 1. The van der Waals surface area contributed by atoms with Crippen molar-refractivity contribution >= 4 is 21.8 Å². The maximum atomic E-state index is 13.4. The largest absolute Gasteiger partial charge is 0.507 e. The molecule has 0 spiro atoms. The van der Waals surface area contributed by atoms with E-state index in [0.717, 1.165) is 0 Å². The van der Waals surface area contributed by atoms with Gasteiger partial charge in [0.15, 0.2) is 0 Å². The Morgan fingerprint density at radius 3 is 2.75 bits per heavy atom. The molecule has 0 radical (unpaired) electrons. The average molecular weight is 338 g/mol. The second kappa shape index (κ2) is 6.52. The number of carbonyl (C=O) groups is 1. The zero-order chi connectivity index (χ0) is 14.5. The summed E-state index contributed by atoms with van der Waals surface area (Å²) in [5, 5.41) is 12.3. The monoisotopic (exact) mass is 337 g/mol. The molecule has 0 unspecified atom stereocenters. The van der Waals surface area contributed by atoms with Crippen molar-refractivity contribution < 1.29 is 14.3 Å². The van der Waals surface area contributed by atoms with E-state index >= 15 is 0 Å². The molecule has 0 saturated carbocycles. The number of amides is 1. The number of benzene rings is 2. The Labute approximate surface area is 124 Å². The van der Waals surface area contributed by atoms with Crippen LogP contribution in [0.25, 0.3) is 0 Å². The van der Waals surface area contributed by atoms with Crippen LogP contribution >= 0.6 is 15.9 Å². The Morgan fingerprint density at radius 2 is 2.00 bits per heavy atom. The predicted molar refractivity (Wildman–Crippen MR) is 78.2 cm³/mol. The highest BCUT2D eigenvalue weighted by molar-refractivity contribution is 9.10. The fourth-order valence-electron chi connectivity index (χ4n) is 1.80. The SMILES string of the molecule is O=C(NCCc1ccccc1F)c1cc(Br)ccc1O. The Balaban J connectivity index is 1.96. The molecule has 20 heavy (non-hydrogen) atoms. The molecule has 0 aliphatic rings. The Morgan fingerprint density at radius 1 is 1.25 bits per heavy atom. The molecular formula is C15H13BrFNO2. The zero-order valence-corrected chi connectivity index (χ0v) is 12.2. The number of hydrogen-bond donors (Lipinski definition) is 2. The van der Waals surface area contributed by atoms with Gasteiger partial charge < -0.3 is 10.4 Å². The van der Waals surface area contributed by atoms with Crippen molar-refractivity contribution in [3.63, 3.8) is 0 Å². The van der Waals surface area contributed by atoms with Crippen molar-refractivity contribution in [1.29, 1.82) is 0 Å². The molecule has 0 fully saturated rings. The van der Waals surface area contributed by atoms with Gasteiger partial charge in [-0.1, -0.05) is 34.1 Å². The smallest absolute Gasteiger partial charge is 0.255 e. The van der Waals surface area contributed by atoms with Crippen LogP contribution in [0.4, 0.5) is 4.39 Å². The quantitative estimate of drug-likeness (QED) is 0.899. The van der Waals surface area contributed by atoms with Crippen LogP contribution in [0.1, 0.15) is 15.9 Å². The maximum absolute atomic E-state index is 13.4. The molecule has 5 heteroatoms. The van der Waals surface area contributed by atoms with Crippen LogP contribution in [0.3, 0.4) is 0 Å². The van der Waals surface area contributed by atoms with Gasteiger partial charge in [-0.25, -0.2) is 4.39 Å². The normalized spacial score (nSPS) is 10.3. The van der Waals surface area contributed by atoms with E-state index in [9.17, 15) is 14.3 Å². The van der Waals surface area contributed by atoms with Gasteiger partial charge in [0.05, 0.1) is 5.56 Å². The van der Waals surface area contributed by atoms with E-state index in [1.54, 1.807) is 24.3 Å². The number of carbonyl (C=O) groups excluding carboxylic acids is 1. The van der Waals surface area contributed by atoms with Gasteiger partial charge >= 0.3 is 0 Å². The third kappa shape index (κ3) is 3.57. The first-order chi connectivity index (χ1) is 9.58. The maximum Gasteiger partial charge on any atom is 0.255 e. The van der Waals surface area contributed by atoms with Gasteiger partial charge in [-0.05, 0) is 36.2 Å². The van der Waals surface area contributed by atoms with Crippen LogP contribution in [0.5, 0.6) is 5.75 Å². The molecule has 0 aliphatic carbocycles. The first kappa shape index (κ1) is 14.5. The first-order valence-corrected chi connectivity index (χ1v) is 6.87. The van der Waals surface area contributed by atoms with Crippen molar-refractivity contribution in [2.75, 3.05) is 6.54 Å². The van der Waals surface area contributed by atoms with Crippen LogP contribution < -0.4 is 5.32 Å². The van der Waals surface area contributed by atoms with Gasteiger partial charge in [-0.15, -0.1) is 0 Å². The lowest BCUT2D eigenvalue weighted by Gasteiger charge is -2.08. The van der Waals surface area contributed by atoms with E-state index in [0.29, 0.717) is 23.0 Å². The Bertz CT molecular complexity index is 631. The standard InChI is InChI=1S/C15H13BrFNO2/c16-11-5-6-14(19)12(9-11)15(20)18-8-7-10-3-1-2-4-13(10)17/h1-6,9,19H,7-8H2,(H,18,20). The number of phenols is 1. The molecule has 2 aromatic carbocycles. The highest BCUT2D eigenvalue weighted by Crippen LogP contribution is 2.21. The number of hydrogen-bond acceptors (Lipinski definition) is 2. The molecule has 3 nitrogen and oxygen atoms in total. The van der Waals surface area contributed by atoms with Gasteiger partial charge in [0.2, 0.25) is 0 Å². The van der Waals surface area contributed by atoms with Crippen LogP contribution in [-0.2, 0) is 6.42 Å². The lowest BCUT2D eigenvalue weighted by atomic mass is 10.1. The summed E-state index contributed by atoms with van der Waals surface area (Å²) < 4.78 is 14.1. The van der Waals surface area contributed by atoms with E-state index in [1.807, 2.05) is 0 Å². The lowest BCUT2D eigenvalue weighted by Crippen LogP contribution is -2.26. The summed E-state index contributed by atoms with van der Waals surface area (Å²) in [5.74, 6) is -0.760. The van der Waals surface area contributed by atoms with Gasteiger partial charge in [0.1, 0.15) is 11.6 Å². The summed E-state index contributed by atoms with van der Waals surface area (Å²) in [7, 11) is 0. The van der Waals surface area contributed by atoms with E-state index < -0.39 is 0 Å². The molecule has 0 bridgehead atoms. The van der Waals surface area contributed by atoms with Crippen LogP contribution in [0.15, 0.2) is 46.9 Å². The fraction of sp³-hybridized carbons (Fsp3) is 0.133. The Kier molecular flexibility index (Phi) is 4.74. The molecule has 0 saturated heterocycles. The number of phenolic OH excluding ortho intramolecular Hbond substituents is 1. The molecule has 2 rings (SSSR count). The van der Waals surface area contributed by atoms with Gasteiger partial charge in [0.25, 0.3) is 5.91 Å². The number of halogens is 2. The molecule has 104 valence electrons. The molecular weight excluding hydrogens is 325 g/mol. The van der Waals surface area contributed by atoms with Gasteiger partial charge in [0, 0.05) is 11.0 Å². The summed E-state index contributed by atoms with van der Waals surface area (Å²) in [6.45, 7) is 0.297. The van der Waals surface area contributed by atoms with Crippen molar-refractivity contribution in [1.82, 2.24) is 5.32 Å². The minimum absolute atomic E-state index is 0.0865. The van der Waals surface area contributed by atoms with Gasteiger partial charge in [-0.3, -0.25) is 4.79 Å². The second-order valence-corrected chi connectivity index (χ2v) is 5.17. The minimum atomic E-state index is -0.389. The van der Waals surface area contributed by atoms with E-state index in [2.05, 4.69) is 21.2 Å². The number of nitrogens with one attached hydrogen (secondary N) is 1.